The van der Waals surface area contributed by atoms with E-state index in [1.807, 2.05) is 6.92 Å². The predicted octanol–water partition coefficient (Wildman–Crippen LogP) is 6.54. The SMILES string of the molecule is CCCCc1nc(C(F)(F)C(F)(F)F)c(C(=O)OC(OC(=O)CC)C(C)C)n1Cc1cccc2c1ncn2-c1ccccc1-c1nn[nH]n1. The van der Waals surface area contributed by atoms with E-state index >= 15 is 8.78 Å². The summed E-state index contributed by atoms with van der Waals surface area (Å²) in [5.74, 6) is -8.35. The van der Waals surface area contributed by atoms with Crippen LogP contribution >= 0.6 is 0 Å². The van der Waals surface area contributed by atoms with Gasteiger partial charge in [0, 0.05) is 24.3 Å². The predicted molar refractivity (Wildman–Crippen MR) is 165 cm³/mol. The minimum Gasteiger partial charge on any atom is -0.425 e. The molecule has 0 aliphatic rings. The van der Waals surface area contributed by atoms with Crippen molar-refractivity contribution in [1.29, 1.82) is 0 Å². The van der Waals surface area contributed by atoms with Gasteiger partial charge in [0.05, 0.1) is 23.3 Å². The highest BCUT2D eigenvalue weighted by Crippen LogP contribution is 2.45. The molecule has 0 radical (unpaired) electrons. The molecule has 1 unspecified atom stereocenters. The maximum Gasteiger partial charge on any atom is 0.459 e. The number of benzene rings is 2. The molecule has 5 rings (SSSR count). The number of imidazole rings is 2. The number of hydrogen-bond acceptors (Lipinski definition) is 9. The number of para-hydroxylation sites is 2. The van der Waals surface area contributed by atoms with E-state index in [-0.39, 0.29) is 25.2 Å². The van der Waals surface area contributed by atoms with Crippen LogP contribution in [0.2, 0.25) is 0 Å². The number of tetrazole rings is 1. The molecule has 1 N–H and O–H groups in total. The minimum absolute atomic E-state index is 0.0222. The highest BCUT2D eigenvalue weighted by atomic mass is 19.4. The molecule has 1 atom stereocenters. The number of H-pyrrole nitrogens is 1. The van der Waals surface area contributed by atoms with E-state index in [2.05, 4.69) is 30.6 Å². The zero-order valence-corrected chi connectivity index (χ0v) is 27.0. The molecule has 0 amide bonds. The lowest BCUT2D eigenvalue weighted by Gasteiger charge is -2.23. The Labute approximate surface area is 276 Å². The third-order valence-electron chi connectivity index (χ3n) is 7.69. The molecular formula is C32H33F5N8O4. The molecule has 17 heteroatoms. The Morgan fingerprint density at radius 3 is 2.41 bits per heavy atom. The van der Waals surface area contributed by atoms with Crippen LogP contribution in [0.1, 0.15) is 74.5 Å². The van der Waals surface area contributed by atoms with Gasteiger partial charge in [0.25, 0.3) is 0 Å². The fourth-order valence-electron chi connectivity index (χ4n) is 5.16. The van der Waals surface area contributed by atoms with Crippen molar-refractivity contribution in [3.63, 3.8) is 0 Å². The number of carbonyl (C=O) groups excluding carboxylic acids is 2. The Bertz CT molecular complexity index is 1940. The van der Waals surface area contributed by atoms with Crippen molar-refractivity contribution in [2.24, 2.45) is 5.92 Å². The number of nitrogens with zero attached hydrogens (tertiary/aromatic N) is 7. The number of ether oxygens (including phenoxy) is 2. The molecule has 260 valence electrons. The Balaban J connectivity index is 1.66. The summed E-state index contributed by atoms with van der Waals surface area (Å²) in [6, 6.07) is 12.2. The van der Waals surface area contributed by atoms with E-state index in [1.54, 1.807) is 47.0 Å². The fourth-order valence-corrected chi connectivity index (χ4v) is 5.16. The summed E-state index contributed by atoms with van der Waals surface area (Å²) in [5.41, 5.74) is -0.340. The lowest BCUT2D eigenvalue weighted by Crippen LogP contribution is -2.37. The number of alkyl halides is 5. The number of aromatic nitrogens is 8. The van der Waals surface area contributed by atoms with E-state index in [4.69, 9.17) is 9.47 Å². The number of unbranched alkanes of at least 4 members (excludes halogenated alkanes) is 1. The van der Waals surface area contributed by atoms with Crippen molar-refractivity contribution < 1.29 is 41.0 Å². The lowest BCUT2D eigenvalue weighted by atomic mass is 10.1. The van der Waals surface area contributed by atoms with Crippen LogP contribution < -0.4 is 0 Å². The molecule has 49 heavy (non-hydrogen) atoms. The van der Waals surface area contributed by atoms with Crippen LogP contribution in [-0.2, 0) is 33.2 Å². The van der Waals surface area contributed by atoms with Crippen LogP contribution in [0.15, 0.2) is 48.8 Å². The van der Waals surface area contributed by atoms with Gasteiger partial charge in [-0.25, -0.2) is 14.8 Å². The number of aromatic amines is 1. The van der Waals surface area contributed by atoms with E-state index in [1.165, 1.54) is 27.1 Å². The van der Waals surface area contributed by atoms with Crippen molar-refractivity contribution >= 4 is 23.0 Å². The summed E-state index contributed by atoms with van der Waals surface area (Å²) in [6.07, 6.45) is -5.31. The first-order valence-electron chi connectivity index (χ1n) is 15.5. The van der Waals surface area contributed by atoms with Crippen molar-refractivity contribution in [1.82, 2.24) is 39.7 Å². The summed E-state index contributed by atoms with van der Waals surface area (Å²) in [6.45, 7) is 5.99. The molecule has 0 aliphatic heterocycles. The Kier molecular flexibility index (Phi) is 10.1. The number of esters is 2. The quantitative estimate of drug-likeness (QED) is 0.0829. The second-order valence-electron chi connectivity index (χ2n) is 11.5. The van der Waals surface area contributed by atoms with E-state index in [9.17, 15) is 22.8 Å². The molecular weight excluding hydrogens is 655 g/mol. The first kappa shape index (κ1) is 35.1. The number of rotatable bonds is 13. The summed E-state index contributed by atoms with van der Waals surface area (Å²) < 4.78 is 85.1. The second-order valence-corrected chi connectivity index (χ2v) is 11.5. The largest absolute Gasteiger partial charge is 0.459 e. The van der Waals surface area contributed by atoms with Crippen molar-refractivity contribution in [2.75, 3.05) is 0 Å². The molecule has 5 aromatic rings. The van der Waals surface area contributed by atoms with Gasteiger partial charge in [0.2, 0.25) is 12.1 Å². The van der Waals surface area contributed by atoms with Gasteiger partial charge in [0.1, 0.15) is 12.2 Å². The molecule has 0 spiro atoms. The third-order valence-corrected chi connectivity index (χ3v) is 7.69. The molecule has 3 aromatic heterocycles. The minimum atomic E-state index is -6.08. The van der Waals surface area contributed by atoms with Crippen LogP contribution in [0.25, 0.3) is 28.1 Å². The second kappa shape index (κ2) is 14.1. The zero-order chi connectivity index (χ0) is 35.5. The Morgan fingerprint density at radius 1 is 1.00 bits per heavy atom. The van der Waals surface area contributed by atoms with E-state index < -0.39 is 47.6 Å². The van der Waals surface area contributed by atoms with Gasteiger partial charge in [-0.05, 0) is 35.4 Å². The van der Waals surface area contributed by atoms with Crippen molar-refractivity contribution in [3.05, 3.63) is 71.6 Å². The molecule has 3 heterocycles. The van der Waals surface area contributed by atoms with Crippen LogP contribution in [-0.4, -0.2) is 64.1 Å². The van der Waals surface area contributed by atoms with Crippen molar-refractivity contribution in [2.45, 2.75) is 78.3 Å². The molecule has 0 fully saturated rings. The zero-order valence-electron chi connectivity index (χ0n) is 27.0. The molecule has 0 aliphatic carbocycles. The van der Waals surface area contributed by atoms with Gasteiger partial charge in [-0.3, -0.25) is 9.36 Å². The van der Waals surface area contributed by atoms with Crippen LogP contribution in [0.3, 0.4) is 0 Å². The maximum absolute atomic E-state index is 15.2. The van der Waals surface area contributed by atoms with Gasteiger partial charge < -0.3 is 14.0 Å². The number of fused-ring (bicyclic) bond motifs is 1. The number of halogens is 5. The van der Waals surface area contributed by atoms with Gasteiger partial charge in [-0.15, -0.1) is 10.2 Å². The average molecular weight is 689 g/mol. The molecule has 0 saturated heterocycles. The van der Waals surface area contributed by atoms with Gasteiger partial charge in [-0.1, -0.05) is 58.4 Å². The molecule has 2 aromatic carbocycles. The summed E-state index contributed by atoms with van der Waals surface area (Å²) in [7, 11) is 0. The average Bonchev–Trinajstić information content (AvgIpc) is 3.83. The van der Waals surface area contributed by atoms with Gasteiger partial charge in [0.15, 0.2) is 11.4 Å². The number of carbonyl (C=O) groups is 2. The summed E-state index contributed by atoms with van der Waals surface area (Å²) in [4.78, 5) is 34.0. The molecule has 0 saturated carbocycles. The smallest absolute Gasteiger partial charge is 0.425 e. The molecule has 12 nitrogen and oxygen atoms in total. The number of nitrogens with one attached hydrogen (secondary N) is 1. The monoisotopic (exact) mass is 688 g/mol. The maximum atomic E-state index is 15.2. The topological polar surface area (TPSA) is 143 Å². The van der Waals surface area contributed by atoms with Gasteiger partial charge in [-0.2, -0.15) is 27.2 Å². The highest BCUT2D eigenvalue weighted by molar-refractivity contribution is 5.90. The Hall–Kier alpha value is -5.22. The normalized spacial score (nSPS) is 12.9. The summed E-state index contributed by atoms with van der Waals surface area (Å²) in [5, 5.41) is 14.1. The van der Waals surface area contributed by atoms with E-state index in [0.29, 0.717) is 46.5 Å². The van der Waals surface area contributed by atoms with Crippen LogP contribution in [0.4, 0.5) is 22.0 Å². The standard InChI is InChI=1S/C32H33F5N8O4/c1-5-7-15-23-39-27(31(33,34)32(35,36)37)26(29(47)49-30(18(3)4)48-24(46)6-2)44(23)16-19-11-10-14-22-25(19)38-17-45(22)21-13-9-8-12-20(21)28-40-42-43-41-28/h8-14,17-18,30H,5-7,15-16H2,1-4H3,(H,40,41,42,43). The van der Waals surface area contributed by atoms with Gasteiger partial charge >= 0.3 is 24.0 Å². The fraction of sp³-hybridized carbons (Fsp3) is 0.406. The first-order chi connectivity index (χ1) is 23.3. The number of hydrogen-bond donors (Lipinski definition) is 1. The lowest BCUT2D eigenvalue weighted by molar-refractivity contribution is -0.291. The Morgan fingerprint density at radius 2 is 1.76 bits per heavy atom. The summed E-state index contributed by atoms with van der Waals surface area (Å²) >= 11 is 0. The first-order valence-corrected chi connectivity index (χ1v) is 15.5. The highest BCUT2D eigenvalue weighted by Gasteiger charge is 2.62. The van der Waals surface area contributed by atoms with Crippen molar-refractivity contribution in [3.8, 4) is 17.1 Å². The third kappa shape index (κ3) is 7.00. The van der Waals surface area contributed by atoms with E-state index in [0.717, 1.165) is 4.57 Å². The van der Waals surface area contributed by atoms with Crippen LogP contribution in [0, 0.1) is 5.92 Å². The molecule has 0 bridgehead atoms. The van der Waals surface area contributed by atoms with Crippen LogP contribution in [0.5, 0.6) is 0 Å². The number of aryl methyl sites for hydroxylation is 1.